The van der Waals surface area contributed by atoms with Gasteiger partial charge in [0.25, 0.3) is 0 Å². The molecule has 0 aliphatic carbocycles. The highest BCUT2D eigenvalue weighted by molar-refractivity contribution is 5.92. The van der Waals surface area contributed by atoms with Crippen molar-refractivity contribution in [2.75, 3.05) is 25.0 Å². The lowest BCUT2D eigenvalue weighted by Gasteiger charge is -2.21. The molecule has 0 radical (unpaired) electrons. The van der Waals surface area contributed by atoms with Crippen molar-refractivity contribution >= 4 is 16.6 Å². The average molecular weight is 285 g/mol. The number of aromatic nitrogens is 1. The van der Waals surface area contributed by atoms with Crippen LogP contribution in [0.15, 0.2) is 30.3 Å². The number of anilines is 1. The van der Waals surface area contributed by atoms with Crippen LogP contribution in [0.4, 0.5) is 5.82 Å². The van der Waals surface area contributed by atoms with Crippen molar-refractivity contribution in [1.29, 1.82) is 0 Å². The van der Waals surface area contributed by atoms with Crippen molar-refractivity contribution in [3.63, 3.8) is 0 Å². The third-order valence-corrected chi connectivity index (χ3v) is 3.71. The van der Waals surface area contributed by atoms with Crippen LogP contribution in [0.25, 0.3) is 10.8 Å². The van der Waals surface area contributed by atoms with Gasteiger partial charge in [0.15, 0.2) is 0 Å². The third-order valence-electron chi connectivity index (χ3n) is 3.71. The molecule has 0 bridgehead atoms. The van der Waals surface area contributed by atoms with E-state index >= 15 is 0 Å². The highest BCUT2D eigenvalue weighted by Gasteiger charge is 2.09. The Kier molecular flexibility index (Phi) is 6.00. The Morgan fingerprint density at radius 2 is 1.95 bits per heavy atom. The molecule has 0 aliphatic rings. The Labute approximate surface area is 128 Å². The second-order valence-electron chi connectivity index (χ2n) is 5.61. The molecule has 2 rings (SSSR count). The zero-order valence-corrected chi connectivity index (χ0v) is 13.5. The van der Waals surface area contributed by atoms with Gasteiger partial charge in [-0.25, -0.2) is 4.98 Å². The first kappa shape index (κ1) is 15.8. The summed E-state index contributed by atoms with van der Waals surface area (Å²) in [4.78, 5) is 7.18. The van der Waals surface area contributed by atoms with E-state index in [0.29, 0.717) is 0 Å². The van der Waals surface area contributed by atoms with Crippen molar-refractivity contribution in [1.82, 2.24) is 10.3 Å². The lowest BCUT2D eigenvalue weighted by molar-refractivity contribution is 0.663. The smallest absolute Gasteiger partial charge is 0.136 e. The van der Waals surface area contributed by atoms with Crippen LogP contribution in [0.2, 0.25) is 0 Å². The fourth-order valence-electron chi connectivity index (χ4n) is 2.51. The summed E-state index contributed by atoms with van der Waals surface area (Å²) in [6.07, 6.45) is 3.56. The fraction of sp³-hybridized carbons (Fsp3) is 0.500. The monoisotopic (exact) mass is 285 g/mol. The van der Waals surface area contributed by atoms with Crippen LogP contribution in [-0.4, -0.2) is 25.1 Å². The van der Waals surface area contributed by atoms with Gasteiger partial charge in [0.05, 0.1) is 5.69 Å². The Morgan fingerprint density at radius 1 is 1.14 bits per heavy atom. The van der Waals surface area contributed by atoms with Gasteiger partial charge < -0.3 is 10.2 Å². The third kappa shape index (κ3) is 4.18. The zero-order valence-electron chi connectivity index (χ0n) is 13.5. The van der Waals surface area contributed by atoms with E-state index in [1.807, 2.05) is 0 Å². The van der Waals surface area contributed by atoms with Crippen LogP contribution >= 0.6 is 0 Å². The largest absolute Gasteiger partial charge is 0.359 e. The van der Waals surface area contributed by atoms with E-state index in [0.717, 1.165) is 37.6 Å². The molecule has 0 unspecified atom stereocenters. The van der Waals surface area contributed by atoms with Gasteiger partial charge in [-0.2, -0.15) is 0 Å². The summed E-state index contributed by atoms with van der Waals surface area (Å²) >= 11 is 0. The molecule has 1 aromatic heterocycles. The molecule has 0 fully saturated rings. The van der Waals surface area contributed by atoms with Gasteiger partial charge in [-0.05, 0) is 30.8 Å². The topological polar surface area (TPSA) is 28.2 Å². The average Bonchev–Trinajstić information content (AvgIpc) is 2.52. The fourth-order valence-corrected chi connectivity index (χ4v) is 2.51. The van der Waals surface area contributed by atoms with Gasteiger partial charge in [-0.15, -0.1) is 0 Å². The highest BCUT2D eigenvalue weighted by atomic mass is 15.2. The van der Waals surface area contributed by atoms with E-state index in [-0.39, 0.29) is 0 Å². The molecule has 0 amide bonds. The van der Waals surface area contributed by atoms with Gasteiger partial charge in [0.1, 0.15) is 5.82 Å². The summed E-state index contributed by atoms with van der Waals surface area (Å²) in [5.74, 6) is 1.11. The zero-order chi connectivity index (χ0) is 15.1. The van der Waals surface area contributed by atoms with Crippen LogP contribution in [-0.2, 0) is 6.54 Å². The predicted molar refractivity (Wildman–Crippen MR) is 91.9 cm³/mol. The van der Waals surface area contributed by atoms with Gasteiger partial charge >= 0.3 is 0 Å². The van der Waals surface area contributed by atoms with Crippen LogP contribution in [0.3, 0.4) is 0 Å². The molecule has 3 nitrogen and oxygen atoms in total. The normalized spacial score (nSPS) is 11.0. The predicted octanol–water partition coefficient (Wildman–Crippen LogP) is 3.97. The molecular formula is C18H27N3. The molecule has 0 saturated heterocycles. The Morgan fingerprint density at radius 3 is 2.71 bits per heavy atom. The van der Waals surface area contributed by atoms with Crippen molar-refractivity contribution in [2.24, 2.45) is 0 Å². The number of hydrogen-bond acceptors (Lipinski definition) is 3. The summed E-state index contributed by atoms with van der Waals surface area (Å²) in [5.41, 5.74) is 1.13. The standard InChI is InChI=1S/C18H27N3/c1-4-6-12-21(3)18-17-10-8-7-9-15(17)13-16(20-18)14-19-11-5-2/h7-10,13,19H,4-6,11-12,14H2,1-3H3. The molecule has 114 valence electrons. The molecule has 0 saturated carbocycles. The Bertz CT molecular complexity index is 565. The minimum atomic E-state index is 0.841. The molecule has 0 spiro atoms. The van der Waals surface area contributed by atoms with Crippen molar-refractivity contribution in [3.8, 4) is 0 Å². The molecule has 3 heteroatoms. The molecule has 1 aromatic carbocycles. The van der Waals surface area contributed by atoms with Crippen molar-refractivity contribution in [3.05, 3.63) is 36.0 Å². The second-order valence-corrected chi connectivity index (χ2v) is 5.61. The maximum atomic E-state index is 4.89. The Balaban J connectivity index is 2.31. The number of pyridine rings is 1. The number of benzene rings is 1. The first-order chi connectivity index (χ1) is 10.3. The maximum Gasteiger partial charge on any atom is 0.136 e. The van der Waals surface area contributed by atoms with Crippen LogP contribution in [0.5, 0.6) is 0 Å². The first-order valence-electron chi connectivity index (χ1n) is 8.06. The molecule has 21 heavy (non-hydrogen) atoms. The second kappa shape index (κ2) is 7.99. The van der Waals surface area contributed by atoms with Crippen LogP contribution < -0.4 is 10.2 Å². The summed E-state index contributed by atoms with van der Waals surface area (Å²) in [5, 5.41) is 5.97. The lowest BCUT2D eigenvalue weighted by atomic mass is 10.1. The van der Waals surface area contributed by atoms with Crippen LogP contribution in [0.1, 0.15) is 38.8 Å². The van der Waals surface area contributed by atoms with Crippen molar-refractivity contribution < 1.29 is 0 Å². The van der Waals surface area contributed by atoms with E-state index in [1.165, 1.54) is 23.6 Å². The van der Waals surface area contributed by atoms with E-state index < -0.39 is 0 Å². The van der Waals surface area contributed by atoms with Gasteiger partial charge in [-0.1, -0.05) is 44.5 Å². The number of nitrogens with zero attached hydrogens (tertiary/aromatic N) is 2. The highest BCUT2D eigenvalue weighted by Crippen LogP contribution is 2.25. The summed E-state index contributed by atoms with van der Waals surface area (Å²) in [6.45, 7) is 7.34. The number of unbranched alkanes of at least 4 members (excludes halogenated alkanes) is 1. The van der Waals surface area contributed by atoms with E-state index in [4.69, 9.17) is 4.98 Å². The number of fused-ring (bicyclic) bond motifs is 1. The summed E-state index contributed by atoms with van der Waals surface area (Å²) < 4.78 is 0. The SMILES string of the molecule is CCCCN(C)c1nc(CNCCC)cc2ccccc12. The molecular weight excluding hydrogens is 258 g/mol. The van der Waals surface area contributed by atoms with Gasteiger partial charge in [-0.3, -0.25) is 0 Å². The van der Waals surface area contributed by atoms with Gasteiger partial charge in [0.2, 0.25) is 0 Å². The minimum Gasteiger partial charge on any atom is -0.359 e. The van der Waals surface area contributed by atoms with Crippen molar-refractivity contribution in [2.45, 2.75) is 39.7 Å². The van der Waals surface area contributed by atoms with Gasteiger partial charge in [0, 0.05) is 25.5 Å². The number of nitrogens with one attached hydrogen (secondary N) is 1. The lowest BCUT2D eigenvalue weighted by Crippen LogP contribution is -2.21. The summed E-state index contributed by atoms with van der Waals surface area (Å²) in [7, 11) is 2.15. The van der Waals surface area contributed by atoms with Crippen LogP contribution in [0, 0.1) is 0 Å². The maximum absolute atomic E-state index is 4.89. The van der Waals surface area contributed by atoms with E-state index in [1.54, 1.807) is 0 Å². The molecule has 0 aliphatic heterocycles. The molecule has 1 heterocycles. The first-order valence-corrected chi connectivity index (χ1v) is 8.06. The quantitative estimate of drug-likeness (QED) is 0.744. The Hall–Kier alpha value is -1.61. The molecule has 2 aromatic rings. The van der Waals surface area contributed by atoms with E-state index in [9.17, 15) is 0 Å². The summed E-state index contributed by atoms with van der Waals surface area (Å²) in [6, 6.07) is 10.7. The molecule has 0 atom stereocenters. The molecule has 1 N–H and O–H groups in total. The minimum absolute atomic E-state index is 0.841. The number of hydrogen-bond donors (Lipinski definition) is 1. The number of rotatable bonds is 8. The van der Waals surface area contributed by atoms with E-state index in [2.05, 4.69) is 61.4 Å².